The summed E-state index contributed by atoms with van der Waals surface area (Å²) in [5, 5.41) is 4.51. The van der Waals surface area contributed by atoms with Gasteiger partial charge in [-0.2, -0.15) is 5.10 Å². The Hall–Kier alpha value is -3.41. The average Bonchev–Trinajstić information content (AvgIpc) is 2.80. The lowest BCUT2D eigenvalue weighted by atomic mass is 9.99. The summed E-state index contributed by atoms with van der Waals surface area (Å²) in [4.78, 5) is 27.1. The Kier molecular flexibility index (Phi) is 6.69. The number of amides is 1. The molecule has 0 spiro atoms. The summed E-state index contributed by atoms with van der Waals surface area (Å²) in [6.45, 7) is 5.79. The van der Waals surface area contributed by atoms with Crippen molar-refractivity contribution in [1.29, 1.82) is 0 Å². The second kappa shape index (κ2) is 9.81. The van der Waals surface area contributed by atoms with Crippen molar-refractivity contribution in [2.45, 2.75) is 46.1 Å². The van der Waals surface area contributed by atoms with E-state index in [0.717, 1.165) is 42.1 Å². The van der Waals surface area contributed by atoms with E-state index < -0.39 is 0 Å². The van der Waals surface area contributed by atoms with Crippen molar-refractivity contribution < 1.29 is 9.53 Å². The zero-order valence-electron chi connectivity index (χ0n) is 18.7. The quantitative estimate of drug-likeness (QED) is 0.557. The van der Waals surface area contributed by atoms with Crippen LogP contribution in [-0.2, 0) is 17.8 Å². The molecular weight excluding hydrogens is 402 g/mol. The molecule has 0 N–H and O–H groups in total. The summed E-state index contributed by atoms with van der Waals surface area (Å²) in [5.41, 5.74) is 4.96. The number of anilines is 1. The number of nitrogens with zero attached hydrogens (tertiary/aromatic N) is 3. The highest BCUT2D eigenvalue weighted by Gasteiger charge is 2.22. The van der Waals surface area contributed by atoms with Crippen molar-refractivity contribution in [3.05, 3.63) is 76.1 Å². The number of fused-ring (bicyclic) bond motifs is 1. The van der Waals surface area contributed by atoms with Gasteiger partial charge in [0, 0.05) is 36.8 Å². The topological polar surface area (TPSA) is 64.4 Å². The van der Waals surface area contributed by atoms with Crippen LogP contribution in [0.5, 0.6) is 5.75 Å². The lowest BCUT2D eigenvalue weighted by Crippen LogP contribution is -2.35. The lowest BCUT2D eigenvalue weighted by molar-refractivity contribution is -0.118. The highest BCUT2D eigenvalue weighted by Crippen LogP contribution is 2.28. The predicted octanol–water partition coefficient (Wildman–Crippen LogP) is 4.38. The van der Waals surface area contributed by atoms with E-state index in [1.807, 2.05) is 42.2 Å². The Balaban J connectivity index is 1.41. The smallest absolute Gasteiger partial charge is 0.266 e. The molecule has 2 heterocycles. The van der Waals surface area contributed by atoms with Gasteiger partial charge in [-0.05, 0) is 75.1 Å². The third-order valence-electron chi connectivity index (χ3n) is 5.74. The van der Waals surface area contributed by atoms with Crippen molar-refractivity contribution in [3.63, 3.8) is 0 Å². The van der Waals surface area contributed by atoms with E-state index in [-0.39, 0.29) is 11.5 Å². The molecule has 0 aliphatic carbocycles. The van der Waals surface area contributed by atoms with Crippen LogP contribution < -0.4 is 15.2 Å². The van der Waals surface area contributed by atoms with E-state index in [2.05, 4.69) is 24.2 Å². The Morgan fingerprint density at radius 2 is 1.91 bits per heavy atom. The first-order chi connectivity index (χ1) is 15.5. The summed E-state index contributed by atoms with van der Waals surface area (Å²) in [6.07, 6.45) is 2.94. The lowest BCUT2D eigenvalue weighted by Gasteiger charge is -2.30. The summed E-state index contributed by atoms with van der Waals surface area (Å²) in [5.74, 6) is 0.906. The first kappa shape index (κ1) is 21.8. The maximum atomic E-state index is 12.9. The zero-order valence-corrected chi connectivity index (χ0v) is 18.7. The van der Waals surface area contributed by atoms with Crippen LogP contribution >= 0.6 is 0 Å². The van der Waals surface area contributed by atoms with Gasteiger partial charge >= 0.3 is 0 Å². The highest BCUT2D eigenvalue weighted by molar-refractivity contribution is 5.94. The molecule has 0 atom stereocenters. The van der Waals surface area contributed by atoms with Crippen LogP contribution in [0.3, 0.4) is 0 Å². The Morgan fingerprint density at radius 3 is 2.69 bits per heavy atom. The van der Waals surface area contributed by atoms with Gasteiger partial charge in [-0.3, -0.25) is 9.59 Å². The number of hydrogen-bond donors (Lipinski definition) is 0. The van der Waals surface area contributed by atoms with E-state index >= 15 is 0 Å². The molecule has 1 amide bonds. The van der Waals surface area contributed by atoms with Crippen LogP contribution in [0.25, 0.3) is 11.3 Å². The van der Waals surface area contributed by atoms with Crippen molar-refractivity contribution >= 4 is 11.6 Å². The molecule has 3 aromatic rings. The van der Waals surface area contributed by atoms with Crippen LogP contribution in [0.1, 0.15) is 37.3 Å². The third-order valence-corrected chi connectivity index (χ3v) is 5.74. The standard InChI is InChI=1S/C26H29N3O3/c1-3-32-22-11-9-20(10-12-22)23-13-15-26(31)29(27-23)17-5-7-25(30)28-16-4-6-21-18-19(2)8-14-24(21)28/h8-15,18H,3-7,16-17H2,1-2H3. The Labute approximate surface area is 188 Å². The number of rotatable bonds is 7. The molecule has 6 heteroatoms. The van der Waals surface area contributed by atoms with Gasteiger partial charge in [0.05, 0.1) is 12.3 Å². The van der Waals surface area contributed by atoms with Crippen molar-refractivity contribution in [1.82, 2.24) is 9.78 Å². The third kappa shape index (κ3) is 4.90. The van der Waals surface area contributed by atoms with Crippen molar-refractivity contribution in [2.75, 3.05) is 18.1 Å². The van der Waals surface area contributed by atoms with Crippen LogP contribution in [0.15, 0.2) is 59.4 Å². The largest absolute Gasteiger partial charge is 0.494 e. The molecular formula is C26H29N3O3. The molecule has 4 rings (SSSR count). The molecule has 32 heavy (non-hydrogen) atoms. The molecule has 166 valence electrons. The summed E-state index contributed by atoms with van der Waals surface area (Å²) >= 11 is 0. The summed E-state index contributed by atoms with van der Waals surface area (Å²) in [7, 11) is 0. The summed E-state index contributed by atoms with van der Waals surface area (Å²) < 4.78 is 6.93. The second-order valence-corrected chi connectivity index (χ2v) is 8.12. The molecule has 1 aromatic heterocycles. The molecule has 2 aromatic carbocycles. The summed E-state index contributed by atoms with van der Waals surface area (Å²) in [6, 6.07) is 17.2. The Bertz CT molecular complexity index is 1150. The monoisotopic (exact) mass is 431 g/mol. The molecule has 0 unspecified atom stereocenters. The van der Waals surface area contributed by atoms with E-state index in [1.54, 1.807) is 6.07 Å². The van der Waals surface area contributed by atoms with Gasteiger partial charge in [-0.1, -0.05) is 17.7 Å². The van der Waals surface area contributed by atoms with E-state index in [4.69, 9.17) is 4.74 Å². The first-order valence-corrected chi connectivity index (χ1v) is 11.3. The average molecular weight is 432 g/mol. The number of hydrogen-bond acceptors (Lipinski definition) is 4. The maximum Gasteiger partial charge on any atom is 0.266 e. The van der Waals surface area contributed by atoms with Gasteiger partial charge < -0.3 is 9.64 Å². The van der Waals surface area contributed by atoms with Crippen molar-refractivity contribution in [2.24, 2.45) is 0 Å². The second-order valence-electron chi connectivity index (χ2n) is 8.12. The maximum absolute atomic E-state index is 12.9. The molecule has 6 nitrogen and oxygen atoms in total. The van der Waals surface area contributed by atoms with Crippen LogP contribution in [0.4, 0.5) is 5.69 Å². The van der Waals surface area contributed by atoms with E-state index in [9.17, 15) is 9.59 Å². The molecule has 1 aliphatic heterocycles. The van der Waals surface area contributed by atoms with Crippen LogP contribution in [0.2, 0.25) is 0 Å². The fourth-order valence-electron chi connectivity index (χ4n) is 4.15. The number of benzene rings is 2. The van der Waals surface area contributed by atoms with Gasteiger partial charge in [0.2, 0.25) is 5.91 Å². The number of aromatic nitrogens is 2. The SMILES string of the molecule is CCOc1ccc(-c2ccc(=O)n(CCCC(=O)N3CCCc4cc(C)ccc43)n2)cc1. The molecule has 0 bridgehead atoms. The Morgan fingerprint density at radius 1 is 1.09 bits per heavy atom. The molecule has 1 aliphatic rings. The zero-order chi connectivity index (χ0) is 22.5. The number of carbonyl (C=O) groups excluding carboxylic acids is 1. The molecule has 0 saturated heterocycles. The minimum atomic E-state index is -0.161. The molecule has 0 saturated carbocycles. The van der Waals surface area contributed by atoms with E-state index in [0.29, 0.717) is 26.0 Å². The first-order valence-electron chi connectivity index (χ1n) is 11.3. The predicted molar refractivity (Wildman–Crippen MR) is 126 cm³/mol. The minimum Gasteiger partial charge on any atom is -0.494 e. The minimum absolute atomic E-state index is 0.102. The fraction of sp³-hybridized carbons (Fsp3) is 0.346. The number of aryl methyl sites for hydroxylation is 3. The van der Waals surface area contributed by atoms with Gasteiger partial charge in [0.1, 0.15) is 5.75 Å². The van der Waals surface area contributed by atoms with Crippen LogP contribution in [-0.4, -0.2) is 28.8 Å². The number of carbonyl (C=O) groups is 1. The normalized spacial score (nSPS) is 13.0. The molecule has 0 fully saturated rings. The van der Waals surface area contributed by atoms with Gasteiger partial charge in [0.25, 0.3) is 5.56 Å². The van der Waals surface area contributed by atoms with E-state index in [1.165, 1.54) is 21.9 Å². The van der Waals surface area contributed by atoms with Crippen molar-refractivity contribution in [3.8, 4) is 17.0 Å². The molecule has 0 radical (unpaired) electrons. The van der Waals surface area contributed by atoms with Gasteiger partial charge in [0.15, 0.2) is 0 Å². The van der Waals surface area contributed by atoms with Crippen LogP contribution in [0, 0.1) is 6.92 Å². The van der Waals surface area contributed by atoms with Gasteiger partial charge in [-0.15, -0.1) is 0 Å². The fourth-order valence-corrected chi connectivity index (χ4v) is 4.15. The number of ether oxygens (including phenoxy) is 1. The van der Waals surface area contributed by atoms with Gasteiger partial charge in [-0.25, -0.2) is 4.68 Å². The highest BCUT2D eigenvalue weighted by atomic mass is 16.5.